The van der Waals surface area contributed by atoms with Gasteiger partial charge in [0.2, 0.25) is 0 Å². The molecule has 0 saturated carbocycles. The van der Waals surface area contributed by atoms with Gasteiger partial charge in [0.25, 0.3) is 17.7 Å². The number of carbonyl (C=O) groups is 4. The molecule has 1 saturated heterocycles. The maximum absolute atomic E-state index is 13.3. The van der Waals surface area contributed by atoms with Gasteiger partial charge in [0.05, 0.1) is 17.8 Å². The predicted molar refractivity (Wildman–Crippen MR) is 148 cm³/mol. The topological polar surface area (TPSA) is 114 Å². The Morgan fingerprint density at radius 3 is 2.44 bits per heavy atom. The third-order valence-electron chi connectivity index (χ3n) is 5.76. The fourth-order valence-corrected chi connectivity index (χ4v) is 4.24. The minimum Gasteiger partial charge on any atom is -0.493 e. The van der Waals surface area contributed by atoms with E-state index in [9.17, 15) is 19.2 Å². The second-order valence-corrected chi connectivity index (χ2v) is 9.47. The highest BCUT2D eigenvalue weighted by molar-refractivity contribution is 6.40. The Morgan fingerprint density at radius 1 is 1.03 bits per heavy atom. The molecular weight excluding hydrogens is 545 g/mol. The van der Waals surface area contributed by atoms with Crippen LogP contribution in [0.1, 0.15) is 16.7 Å². The van der Waals surface area contributed by atoms with Gasteiger partial charge in [0.15, 0.2) is 18.1 Å². The van der Waals surface area contributed by atoms with Crippen LogP contribution in [0.4, 0.5) is 16.2 Å². The van der Waals surface area contributed by atoms with Crippen molar-refractivity contribution in [3.63, 3.8) is 0 Å². The molecule has 200 valence electrons. The molecule has 5 amide bonds. The van der Waals surface area contributed by atoms with Crippen LogP contribution in [0.5, 0.6) is 11.5 Å². The molecule has 1 heterocycles. The van der Waals surface area contributed by atoms with Gasteiger partial charge in [0.1, 0.15) is 5.57 Å². The first-order valence-electron chi connectivity index (χ1n) is 11.6. The lowest BCUT2D eigenvalue weighted by Crippen LogP contribution is -2.54. The number of ether oxygens (including phenoxy) is 2. The van der Waals surface area contributed by atoms with Gasteiger partial charge in [-0.25, -0.2) is 9.69 Å². The maximum Gasteiger partial charge on any atom is 0.335 e. The van der Waals surface area contributed by atoms with E-state index in [0.717, 1.165) is 10.5 Å². The highest BCUT2D eigenvalue weighted by Gasteiger charge is 2.37. The molecule has 0 aromatic heterocycles. The highest BCUT2D eigenvalue weighted by atomic mass is 35.5. The largest absolute Gasteiger partial charge is 0.493 e. The van der Waals surface area contributed by atoms with Crippen molar-refractivity contribution in [1.82, 2.24) is 5.32 Å². The van der Waals surface area contributed by atoms with Gasteiger partial charge in [-0.1, -0.05) is 47.0 Å². The number of imide groups is 2. The SMILES string of the molecule is COc1cc(/C=C2\C(=O)NC(=O)N(c3cc(Cl)ccc3C)C2=O)cc(Cl)c1OCC(=O)Nc1ccc(C)cc1. The number of benzene rings is 3. The standard InChI is InChI=1S/C28H23Cl2N3O6/c1-15-4-8-19(9-5-15)31-24(34)14-39-25-21(30)11-17(12-23(25)38-3)10-20-26(35)32-28(37)33(27(20)36)22-13-18(29)7-6-16(22)2/h4-13H,14H2,1-3H3,(H,31,34)(H,32,35,37)/b20-10+. The van der Waals surface area contributed by atoms with Crippen LogP contribution in [0.25, 0.3) is 6.08 Å². The molecule has 11 heteroatoms. The van der Waals surface area contributed by atoms with Crippen LogP contribution in [0.15, 0.2) is 60.2 Å². The number of hydrogen-bond donors (Lipinski definition) is 2. The third-order valence-corrected chi connectivity index (χ3v) is 6.28. The molecule has 0 radical (unpaired) electrons. The van der Waals surface area contributed by atoms with Crippen molar-refractivity contribution in [2.45, 2.75) is 13.8 Å². The minimum atomic E-state index is -0.893. The molecule has 1 aliphatic heterocycles. The van der Waals surface area contributed by atoms with E-state index >= 15 is 0 Å². The summed E-state index contributed by atoms with van der Waals surface area (Å²) in [5.74, 6) is -1.85. The van der Waals surface area contributed by atoms with Gasteiger partial charge in [-0.05, 0) is 67.4 Å². The number of nitrogens with one attached hydrogen (secondary N) is 2. The van der Waals surface area contributed by atoms with Gasteiger partial charge in [0, 0.05) is 10.7 Å². The van der Waals surface area contributed by atoms with Crippen LogP contribution in [0.3, 0.4) is 0 Å². The highest BCUT2D eigenvalue weighted by Crippen LogP contribution is 2.37. The Morgan fingerprint density at radius 2 is 1.74 bits per heavy atom. The Hall–Kier alpha value is -4.34. The minimum absolute atomic E-state index is 0.0756. The molecule has 1 fully saturated rings. The van der Waals surface area contributed by atoms with Gasteiger partial charge in [-0.2, -0.15) is 0 Å². The average Bonchev–Trinajstić information content (AvgIpc) is 2.88. The summed E-state index contributed by atoms with van der Waals surface area (Å²) in [6.45, 7) is 3.30. The molecule has 39 heavy (non-hydrogen) atoms. The molecule has 1 aliphatic rings. The van der Waals surface area contributed by atoms with E-state index in [-0.39, 0.29) is 34.4 Å². The normalized spacial score (nSPS) is 14.3. The molecule has 0 unspecified atom stereocenters. The molecule has 3 aromatic rings. The van der Waals surface area contributed by atoms with Gasteiger partial charge >= 0.3 is 6.03 Å². The van der Waals surface area contributed by atoms with Gasteiger partial charge in [-0.3, -0.25) is 19.7 Å². The number of nitrogens with zero attached hydrogens (tertiary/aromatic N) is 1. The Balaban J connectivity index is 1.57. The molecule has 4 rings (SSSR count). The quantitative estimate of drug-likeness (QED) is 0.295. The zero-order valence-electron chi connectivity index (χ0n) is 21.1. The zero-order chi connectivity index (χ0) is 28.3. The third kappa shape index (κ3) is 6.22. The van der Waals surface area contributed by atoms with E-state index in [1.165, 1.54) is 31.4 Å². The van der Waals surface area contributed by atoms with Crippen molar-refractivity contribution in [3.8, 4) is 11.5 Å². The van der Waals surface area contributed by atoms with E-state index in [1.54, 1.807) is 31.2 Å². The number of amides is 5. The van der Waals surface area contributed by atoms with Crippen LogP contribution in [-0.2, 0) is 14.4 Å². The first-order chi connectivity index (χ1) is 18.6. The van der Waals surface area contributed by atoms with Crippen LogP contribution < -0.4 is 25.0 Å². The summed E-state index contributed by atoms with van der Waals surface area (Å²) >= 11 is 12.5. The van der Waals surface area contributed by atoms with Crippen molar-refractivity contribution in [3.05, 3.63) is 86.9 Å². The number of rotatable bonds is 7. The molecule has 0 spiro atoms. The molecule has 0 bridgehead atoms. The van der Waals surface area contributed by atoms with E-state index < -0.39 is 23.8 Å². The lowest BCUT2D eigenvalue weighted by molar-refractivity contribution is -0.122. The van der Waals surface area contributed by atoms with E-state index in [0.29, 0.717) is 21.8 Å². The Labute approximate surface area is 234 Å². The second-order valence-electron chi connectivity index (χ2n) is 8.63. The summed E-state index contributed by atoms with van der Waals surface area (Å²) in [6.07, 6.45) is 1.28. The van der Waals surface area contributed by atoms with Crippen molar-refractivity contribution in [2.24, 2.45) is 0 Å². The summed E-state index contributed by atoms with van der Waals surface area (Å²) in [4.78, 5) is 51.6. The summed E-state index contributed by atoms with van der Waals surface area (Å²) in [5.41, 5.74) is 2.54. The zero-order valence-corrected chi connectivity index (χ0v) is 22.6. The number of carbonyl (C=O) groups excluding carboxylic acids is 4. The van der Waals surface area contributed by atoms with Crippen molar-refractivity contribution in [1.29, 1.82) is 0 Å². The van der Waals surface area contributed by atoms with Gasteiger partial charge in [-0.15, -0.1) is 0 Å². The second kappa shape index (κ2) is 11.6. The van der Waals surface area contributed by atoms with Crippen LogP contribution in [0, 0.1) is 13.8 Å². The summed E-state index contributed by atoms with van der Waals surface area (Å²) < 4.78 is 11.0. The molecule has 2 N–H and O–H groups in total. The molecular formula is C28H23Cl2N3O6. The van der Waals surface area contributed by atoms with Crippen LogP contribution in [-0.4, -0.2) is 37.5 Å². The maximum atomic E-state index is 13.3. The number of anilines is 2. The van der Waals surface area contributed by atoms with E-state index in [2.05, 4.69) is 10.6 Å². The fraction of sp³-hybridized carbons (Fsp3) is 0.143. The number of halogens is 2. The molecule has 0 atom stereocenters. The van der Waals surface area contributed by atoms with Crippen LogP contribution >= 0.6 is 23.2 Å². The van der Waals surface area contributed by atoms with E-state index in [1.807, 2.05) is 19.1 Å². The fourth-order valence-electron chi connectivity index (χ4n) is 3.80. The van der Waals surface area contributed by atoms with Crippen molar-refractivity contribution >= 4 is 64.4 Å². The molecule has 9 nitrogen and oxygen atoms in total. The molecule has 0 aliphatic carbocycles. The van der Waals surface area contributed by atoms with Crippen molar-refractivity contribution in [2.75, 3.05) is 23.9 Å². The first kappa shape index (κ1) is 27.7. The first-order valence-corrected chi connectivity index (χ1v) is 12.4. The van der Waals surface area contributed by atoms with Gasteiger partial charge < -0.3 is 14.8 Å². The van der Waals surface area contributed by atoms with E-state index in [4.69, 9.17) is 32.7 Å². The van der Waals surface area contributed by atoms with Crippen LogP contribution in [0.2, 0.25) is 10.0 Å². The summed E-state index contributed by atoms with van der Waals surface area (Å²) in [6, 6.07) is 14.1. The number of urea groups is 1. The number of barbiturate groups is 1. The summed E-state index contributed by atoms with van der Waals surface area (Å²) in [7, 11) is 1.38. The lowest BCUT2D eigenvalue weighted by atomic mass is 10.1. The number of hydrogen-bond acceptors (Lipinski definition) is 6. The Bertz CT molecular complexity index is 1520. The lowest BCUT2D eigenvalue weighted by Gasteiger charge is -2.27. The molecule has 3 aromatic carbocycles. The number of aryl methyl sites for hydroxylation is 2. The Kier molecular flexibility index (Phi) is 8.23. The smallest absolute Gasteiger partial charge is 0.335 e. The monoisotopic (exact) mass is 567 g/mol. The average molecular weight is 568 g/mol. The summed E-state index contributed by atoms with van der Waals surface area (Å²) in [5, 5.41) is 5.28. The number of methoxy groups -OCH3 is 1. The predicted octanol–water partition coefficient (Wildman–Crippen LogP) is 5.30. The van der Waals surface area contributed by atoms with Crippen molar-refractivity contribution < 1.29 is 28.7 Å².